The predicted octanol–water partition coefficient (Wildman–Crippen LogP) is 3.25. The van der Waals surface area contributed by atoms with E-state index >= 15 is 0 Å². The monoisotopic (exact) mass is 275 g/mol. The Kier molecular flexibility index (Phi) is 4.06. The number of hydrogen-bond acceptors (Lipinski definition) is 4. The van der Waals surface area contributed by atoms with Crippen LogP contribution < -0.4 is 4.74 Å². The minimum atomic E-state index is -0.969. The normalized spacial score (nSPS) is 10.2. The topological polar surface area (TPSA) is 59.4 Å². The molecule has 5 heteroatoms. The van der Waals surface area contributed by atoms with E-state index in [9.17, 15) is 9.90 Å². The van der Waals surface area contributed by atoms with Gasteiger partial charge in [-0.25, -0.2) is 9.78 Å². The number of methoxy groups -OCH3 is 1. The molecule has 0 amide bonds. The molecule has 0 spiro atoms. The van der Waals surface area contributed by atoms with Gasteiger partial charge in [0.1, 0.15) is 10.8 Å². The molecule has 0 saturated carbocycles. The van der Waals surface area contributed by atoms with E-state index in [1.54, 1.807) is 26.3 Å². The molecular weight excluding hydrogens is 262 g/mol. The molecule has 0 atom stereocenters. The maximum atomic E-state index is 11.3. The van der Waals surface area contributed by atoms with Gasteiger partial charge in [-0.1, -0.05) is 23.9 Å². The number of carbonyl (C=O) groups is 1. The van der Waals surface area contributed by atoms with Gasteiger partial charge >= 0.3 is 5.97 Å². The molecule has 0 aliphatic carbocycles. The summed E-state index contributed by atoms with van der Waals surface area (Å²) in [5.74, 6) is -0.268. The molecule has 0 aliphatic rings. The summed E-state index contributed by atoms with van der Waals surface area (Å²) in [6.07, 6.45) is 1.61. The molecular formula is C14H13NO3S. The van der Waals surface area contributed by atoms with Crippen molar-refractivity contribution in [2.75, 3.05) is 7.11 Å². The van der Waals surface area contributed by atoms with Crippen LogP contribution in [0.5, 0.6) is 5.75 Å². The van der Waals surface area contributed by atoms with E-state index in [4.69, 9.17) is 4.74 Å². The van der Waals surface area contributed by atoms with Crippen LogP contribution in [0.2, 0.25) is 0 Å². The molecule has 1 heterocycles. The Hall–Kier alpha value is -2.01. The number of carboxylic acids is 1. The average molecular weight is 275 g/mol. The fourth-order valence-electron chi connectivity index (χ4n) is 1.68. The fourth-order valence-corrected chi connectivity index (χ4v) is 2.75. The first-order valence-corrected chi connectivity index (χ1v) is 6.45. The highest BCUT2D eigenvalue weighted by Gasteiger charge is 2.16. The predicted molar refractivity (Wildman–Crippen MR) is 73.1 cm³/mol. The highest BCUT2D eigenvalue weighted by Crippen LogP contribution is 2.35. The Morgan fingerprint density at radius 1 is 1.32 bits per heavy atom. The summed E-state index contributed by atoms with van der Waals surface area (Å²) < 4.78 is 5.25. The van der Waals surface area contributed by atoms with E-state index in [0.717, 1.165) is 4.90 Å². The molecule has 0 bridgehead atoms. The Labute approximate surface area is 115 Å². The van der Waals surface area contributed by atoms with Gasteiger partial charge in [0.05, 0.1) is 17.6 Å². The minimum absolute atomic E-state index is 0.235. The number of para-hydroxylation sites is 1. The van der Waals surface area contributed by atoms with Crippen LogP contribution in [0.15, 0.2) is 46.5 Å². The molecule has 1 aromatic heterocycles. The Bertz CT molecular complexity index is 613. The molecule has 2 aromatic rings. The van der Waals surface area contributed by atoms with Crippen LogP contribution in [0.1, 0.15) is 15.9 Å². The Balaban J connectivity index is 2.44. The van der Waals surface area contributed by atoms with E-state index in [1.807, 2.05) is 24.3 Å². The smallest absolute Gasteiger partial charge is 0.338 e. The molecule has 0 radical (unpaired) electrons. The third-order valence-electron chi connectivity index (χ3n) is 2.61. The number of pyridine rings is 1. The Morgan fingerprint density at radius 2 is 2.05 bits per heavy atom. The van der Waals surface area contributed by atoms with Gasteiger partial charge in [0.2, 0.25) is 0 Å². The lowest BCUT2D eigenvalue weighted by Crippen LogP contribution is -2.03. The van der Waals surface area contributed by atoms with Crippen LogP contribution in [0.4, 0.5) is 0 Å². The van der Waals surface area contributed by atoms with Gasteiger partial charge in [-0.3, -0.25) is 0 Å². The first-order chi connectivity index (χ1) is 9.13. The van der Waals surface area contributed by atoms with Crippen LogP contribution in [0, 0.1) is 6.92 Å². The van der Waals surface area contributed by atoms with Gasteiger partial charge in [0.25, 0.3) is 0 Å². The molecule has 0 unspecified atom stereocenters. The lowest BCUT2D eigenvalue weighted by molar-refractivity contribution is 0.0691. The van der Waals surface area contributed by atoms with Crippen molar-refractivity contribution < 1.29 is 14.6 Å². The third-order valence-corrected chi connectivity index (χ3v) is 3.67. The van der Waals surface area contributed by atoms with Gasteiger partial charge in [0.15, 0.2) is 0 Å². The van der Waals surface area contributed by atoms with Crippen molar-refractivity contribution in [3.05, 3.63) is 47.7 Å². The number of hydrogen-bond donors (Lipinski definition) is 1. The summed E-state index contributed by atoms with van der Waals surface area (Å²) in [6.45, 7) is 1.76. The molecule has 4 nitrogen and oxygen atoms in total. The average Bonchev–Trinajstić information content (AvgIpc) is 2.39. The van der Waals surface area contributed by atoms with Gasteiger partial charge < -0.3 is 9.84 Å². The SMILES string of the molecule is COc1ccccc1Sc1nccc(C)c1C(=O)O. The van der Waals surface area contributed by atoms with Gasteiger partial charge in [-0.2, -0.15) is 0 Å². The summed E-state index contributed by atoms with van der Waals surface area (Å²) in [5.41, 5.74) is 0.929. The van der Waals surface area contributed by atoms with Crippen LogP contribution in [-0.2, 0) is 0 Å². The van der Waals surface area contributed by atoms with E-state index in [1.165, 1.54) is 11.8 Å². The zero-order chi connectivity index (χ0) is 13.8. The second kappa shape index (κ2) is 5.75. The zero-order valence-electron chi connectivity index (χ0n) is 10.6. The number of carboxylic acid groups (broad SMARTS) is 1. The maximum Gasteiger partial charge on any atom is 0.338 e. The van der Waals surface area contributed by atoms with Crippen LogP contribution >= 0.6 is 11.8 Å². The van der Waals surface area contributed by atoms with Crippen molar-refractivity contribution in [1.29, 1.82) is 0 Å². The molecule has 0 fully saturated rings. The highest BCUT2D eigenvalue weighted by atomic mass is 32.2. The second-order valence-electron chi connectivity index (χ2n) is 3.87. The van der Waals surface area contributed by atoms with Crippen molar-refractivity contribution in [3.63, 3.8) is 0 Å². The number of benzene rings is 1. The summed E-state index contributed by atoms with van der Waals surface area (Å²) in [4.78, 5) is 16.3. The number of aromatic carboxylic acids is 1. The number of rotatable bonds is 4. The highest BCUT2D eigenvalue weighted by molar-refractivity contribution is 7.99. The largest absolute Gasteiger partial charge is 0.496 e. The van der Waals surface area contributed by atoms with Crippen LogP contribution in [0.25, 0.3) is 0 Å². The lowest BCUT2D eigenvalue weighted by atomic mass is 10.2. The molecule has 98 valence electrons. The molecule has 1 aromatic carbocycles. The Morgan fingerprint density at radius 3 is 2.74 bits per heavy atom. The molecule has 19 heavy (non-hydrogen) atoms. The third kappa shape index (κ3) is 2.88. The fraction of sp³-hybridized carbons (Fsp3) is 0.143. The number of aryl methyl sites for hydroxylation is 1. The van der Waals surface area contributed by atoms with E-state index < -0.39 is 5.97 Å². The molecule has 2 rings (SSSR count). The lowest BCUT2D eigenvalue weighted by Gasteiger charge is -2.10. The quantitative estimate of drug-likeness (QED) is 0.928. The van der Waals surface area contributed by atoms with E-state index in [0.29, 0.717) is 16.3 Å². The summed E-state index contributed by atoms with van der Waals surface area (Å²) in [5, 5.41) is 9.74. The van der Waals surface area contributed by atoms with E-state index in [-0.39, 0.29) is 5.56 Å². The van der Waals surface area contributed by atoms with Gasteiger partial charge in [0, 0.05) is 6.20 Å². The standard InChI is InChI=1S/C14H13NO3S/c1-9-7-8-15-13(12(9)14(16)17)19-11-6-4-3-5-10(11)18-2/h3-8H,1-2H3,(H,16,17). The van der Waals surface area contributed by atoms with E-state index in [2.05, 4.69) is 4.98 Å². The van der Waals surface area contributed by atoms with Gasteiger partial charge in [-0.05, 0) is 30.7 Å². The van der Waals surface area contributed by atoms with Crippen molar-refractivity contribution in [2.45, 2.75) is 16.8 Å². The second-order valence-corrected chi connectivity index (χ2v) is 4.90. The maximum absolute atomic E-state index is 11.3. The van der Waals surface area contributed by atoms with Crippen molar-refractivity contribution >= 4 is 17.7 Å². The summed E-state index contributed by atoms with van der Waals surface area (Å²) in [6, 6.07) is 9.14. The number of ether oxygens (including phenoxy) is 1. The minimum Gasteiger partial charge on any atom is -0.496 e. The summed E-state index contributed by atoms with van der Waals surface area (Å²) in [7, 11) is 1.58. The van der Waals surface area contributed by atoms with Crippen molar-refractivity contribution in [1.82, 2.24) is 4.98 Å². The molecule has 0 saturated heterocycles. The van der Waals surface area contributed by atoms with Crippen LogP contribution in [-0.4, -0.2) is 23.2 Å². The van der Waals surface area contributed by atoms with Crippen molar-refractivity contribution in [3.8, 4) is 5.75 Å². The zero-order valence-corrected chi connectivity index (χ0v) is 11.4. The molecule has 0 aliphatic heterocycles. The number of nitrogens with zero attached hydrogens (tertiary/aromatic N) is 1. The first kappa shape index (κ1) is 13.4. The van der Waals surface area contributed by atoms with Crippen molar-refractivity contribution in [2.24, 2.45) is 0 Å². The number of aromatic nitrogens is 1. The first-order valence-electron chi connectivity index (χ1n) is 5.63. The van der Waals surface area contributed by atoms with Crippen LogP contribution in [0.3, 0.4) is 0 Å². The summed E-state index contributed by atoms with van der Waals surface area (Å²) >= 11 is 1.29. The molecule has 1 N–H and O–H groups in total. The van der Waals surface area contributed by atoms with Gasteiger partial charge in [-0.15, -0.1) is 0 Å².